The lowest BCUT2D eigenvalue weighted by molar-refractivity contribution is 0.603. The van der Waals surface area contributed by atoms with Crippen LogP contribution in [0.25, 0.3) is 0 Å². The van der Waals surface area contributed by atoms with E-state index in [0.717, 1.165) is 18.1 Å². The van der Waals surface area contributed by atoms with Gasteiger partial charge >= 0.3 is 0 Å². The van der Waals surface area contributed by atoms with E-state index in [0.29, 0.717) is 0 Å². The molecule has 0 amide bonds. The lowest BCUT2D eigenvalue weighted by Crippen LogP contribution is -2.04. The third kappa shape index (κ3) is 1.73. The first kappa shape index (κ1) is 9.41. The minimum Gasteiger partial charge on any atom is -0.269 e. The van der Waals surface area contributed by atoms with Gasteiger partial charge in [0.2, 0.25) is 0 Å². The molecule has 1 aromatic carbocycles. The summed E-state index contributed by atoms with van der Waals surface area (Å²) in [6.07, 6.45) is 1.99. The Morgan fingerprint density at radius 1 is 1.25 bits per heavy atom. The van der Waals surface area contributed by atoms with Crippen LogP contribution in [0.4, 0.5) is 0 Å². The zero-order chi connectivity index (χ0) is 8.97. The molecule has 2 heteroatoms. The minimum absolute atomic E-state index is 0.142. The topological polar surface area (TPSA) is 17.1 Å². The molecule has 0 aliphatic heterocycles. The Kier molecular flexibility index (Phi) is 3.43. The van der Waals surface area contributed by atoms with Gasteiger partial charge in [-0.2, -0.15) is 0 Å². The van der Waals surface area contributed by atoms with E-state index in [4.69, 9.17) is 0 Å². The van der Waals surface area contributed by atoms with E-state index in [-0.39, 0.29) is 8.46 Å². The van der Waals surface area contributed by atoms with Crippen LogP contribution < -0.4 is 5.30 Å². The molecular weight excluding hydrogens is 167 g/mol. The summed E-state index contributed by atoms with van der Waals surface area (Å²) in [5.41, 5.74) is 2.56. The van der Waals surface area contributed by atoms with E-state index in [1.165, 1.54) is 11.1 Å². The van der Waals surface area contributed by atoms with E-state index in [2.05, 4.69) is 19.9 Å². The average Bonchev–Trinajstić information content (AvgIpc) is 2.16. The molecule has 0 atom stereocenters. The number of benzene rings is 1. The lowest BCUT2D eigenvalue weighted by Gasteiger charge is -2.06. The van der Waals surface area contributed by atoms with Gasteiger partial charge < -0.3 is 0 Å². The maximum absolute atomic E-state index is 10.8. The third-order valence-corrected chi connectivity index (χ3v) is 2.70. The van der Waals surface area contributed by atoms with Crippen molar-refractivity contribution in [3.63, 3.8) is 0 Å². The molecule has 0 spiro atoms. The van der Waals surface area contributed by atoms with Gasteiger partial charge in [0.05, 0.1) is 0 Å². The number of hydrogen-bond acceptors (Lipinski definition) is 1. The Hall–Kier alpha value is -0.680. The summed E-state index contributed by atoms with van der Waals surface area (Å²) in [6, 6.07) is 6.00. The maximum Gasteiger partial charge on any atom is 0.192 e. The van der Waals surface area contributed by atoms with E-state index >= 15 is 0 Å². The van der Waals surface area contributed by atoms with E-state index in [9.17, 15) is 4.57 Å². The Morgan fingerprint density at radius 2 is 2.00 bits per heavy atom. The van der Waals surface area contributed by atoms with Gasteiger partial charge in [0, 0.05) is 5.30 Å². The van der Waals surface area contributed by atoms with Gasteiger partial charge in [0.25, 0.3) is 0 Å². The third-order valence-electron chi connectivity index (χ3n) is 2.08. The molecule has 0 saturated heterocycles. The first-order chi connectivity index (χ1) is 5.83. The predicted octanol–water partition coefficient (Wildman–Crippen LogP) is 2.73. The summed E-state index contributed by atoms with van der Waals surface area (Å²) >= 11 is 0. The zero-order valence-electron chi connectivity index (χ0n) is 7.50. The van der Waals surface area contributed by atoms with Crippen molar-refractivity contribution in [3.05, 3.63) is 29.3 Å². The molecule has 0 aromatic heterocycles. The number of aryl methyl sites for hydroxylation is 1. The summed E-state index contributed by atoms with van der Waals surface area (Å²) in [5, 5.41) is 0.942. The van der Waals surface area contributed by atoms with Crippen LogP contribution in [0.1, 0.15) is 25.0 Å². The van der Waals surface area contributed by atoms with Crippen molar-refractivity contribution in [3.8, 4) is 0 Å². The van der Waals surface area contributed by atoms with Gasteiger partial charge in [-0.1, -0.05) is 26.0 Å². The highest BCUT2D eigenvalue weighted by molar-refractivity contribution is 7.34. The van der Waals surface area contributed by atoms with Crippen molar-refractivity contribution >= 4 is 13.8 Å². The average molecular weight is 180 g/mol. The summed E-state index contributed by atoms with van der Waals surface area (Å²) in [6.45, 7) is 4.23. The van der Waals surface area contributed by atoms with Crippen molar-refractivity contribution < 1.29 is 4.57 Å². The molecule has 0 heterocycles. The van der Waals surface area contributed by atoms with Gasteiger partial charge in [-0.15, -0.1) is 0 Å². The molecule has 12 heavy (non-hydrogen) atoms. The monoisotopic (exact) mass is 180 g/mol. The van der Waals surface area contributed by atoms with Crippen molar-refractivity contribution in [1.82, 2.24) is 0 Å². The molecule has 1 aromatic rings. The van der Waals surface area contributed by atoms with Gasteiger partial charge in [0.1, 0.15) is 0 Å². The Morgan fingerprint density at radius 3 is 2.50 bits per heavy atom. The van der Waals surface area contributed by atoms with Crippen LogP contribution in [-0.2, 0) is 17.4 Å². The molecule has 64 valence electrons. The second-order valence-electron chi connectivity index (χ2n) is 2.71. The van der Waals surface area contributed by atoms with E-state index in [1.807, 2.05) is 12.1 Å². The van der Waals surface area contributed by atoms with Crippen LogP contribution in [0.3, 0.4) is 0 Å². The van der Waals surface area contributed by atoms with Crippen LogP contribution in [0.5, 0.6) is 0 Å². The Labute approximate surface area is 75.0 Å². The summed E-state index contributed by atoms with van der Waals surface area (Å²) in [7, 11) is 0.142. The van der Waals surface area contributed by atoms with Gasteiger partial charge in [0.15, 0.2) is 8.46 Å². The molecule has 1 nitrogen and oxygen atoms in total. The first-order valence-corrected chi connectivity index (χ1v) is 5.08. The smallest absolute Gasteiger partial charge is 0.192 e. The van der Waals surface area contributed by atoms with Crippen LogP contribution in [0.15, 0.2) is 18.2 Å². The molecular formula is C10H13OP. The second-order valence-corrected chi connectivity index (χ2v) is 3.38. The lowest BCUT2D eigenvalue weighted by atomic mass is 10.0. The van der Waals surface area contributed by atoms with Crippen molar-refractivity contribution in [2.45, 2.75) is 26.7 Å². The molecule has 0 N–H and O–H groups in total. The maximum atomic E-state index is 10.8. The second kappa shape index (κ2) is 4.37. The molecule has 0 radical (unpaired) electrons. The largest absolute Gasteiger partial charge is 0.269 e. The van der Waals surface area contributed by atoms with Crippen LogP contribution in [0.2, 0.25) is 0 Å². The predicted molar refractivity (Wildman–Crippen MR) is 52.4 cm³/mol. The molecule has 0 unspecified atom stereocenters. The highest BCUT2D eigenvalue weighted by Crippen LogP contribution is 2.12. The Balaban J connectivity index is 3.21. The summed E-state index contributed by atoms with van der Waals surface area (Å²) < 4.78 is 10.8. The van der Waals surface area contributed by atoms with Crippen LogP contribution >= 0.6 is 8.46 Å². The Bertz CT molecular complexity index is 281. The summed E-state index contributed by atoms with van der Waals surface area (Å²) in [4.78, 5) is 0. The van der Waals surface area contributed by atoms with E-state index in [1.54, 1.807) is 0 Å². The molecule has 0 bridgehead atoms. The fourth-order valence-electron chi connectivity index (χ4n) is 1.45. The standard InChI is InChI=1S/C10H13OP/c1-3-8-6-5-7-10(12-11)9(8)4-2/h5-7H,3-4H2,1-2H3. The molecule has 0 aliphatic rings. The van der Waals surface area contributed by atoms with Crippen molar-refractivity contribution in [2.75, 3.05) is 0 Å². The minimum atomic E-state index is 0.142. The van der Waals surface area contributed by atoms with Crippen LogP contribution in [0, 0.1) is 0 Å². The van der Waals surface area contributed by atoms with E-state index < -0.39 is 0 Å². The fourth-order valence-corrected chi connectivity index (χ4v) is 2.00. The number of rotatable bonds is 3. The highest BCUT2D eigenvalue weighted by atomic mass is 31.1. The quantitative estimate of drug-likeness (QED) is 0.653. The van der Waals surface area contributed by atoms with Gasteiger partial charge in [-0.3, -0.25) is 4.57 Å². The normalized spacial score (nSPS) is 10.5. The molecule has 1 rings (SSSR count). The molecule has 0 aliphatic carbocycles. The van der Waals surface area contributed by atoms with Gasteiger partial charge in [-0.05, 0) is 30.0 Å². The first-order valence-electron chi connectivity index (χ1n) is 4.27. The SMILES string of the molecule is CCc1cccc(P=O)c1CC. The molecule has 0 fully saturated rings. The number of hydrogen-bond donors (Lipinski definition) is 0. The zero-order valence-corrected chi connectivity index (χ0v) is 8.40. The highest BCUT2D eigenvalue weighted by Gasteiger charge is 2.03. The fraction of sp³-hybridized carbons (Fsp3) is 0.400. The van der Waals surface area contributed by atoms with Crippen molar-refractivity contribution in [1.29, 1.82) is 0 Å². The van der Waals surface area contributed by atoms with Crippen molar-refractivity contribution in [2.24, 2.45) is 0 Å². The van der Waals surface area contributed by atoms with Crippen LogP contribution in [-0.4, -0.2) is 0 Å². The molecule has 0 saturated carbocycles. The summed E-state index contributed by atoms with van der Waals surface area (Å²) in [5.74, 6) is 0. The van der Waals surface area contributed by atoms with Gasteiger partial charge in [-0.25, -0.2) is 0 Å².